The highest BCUT2D eigenvalue weighted by atomic mass is 32.2. The average molecular weight is 637 g/mol. The molecule has 3 aromatic carbocycles. The van der Waals surface area contributed by atoms with Crippen LogP contribution >= 0.6 is 11.8 Å². The number of carbonyl (C=O) groups is 2. The van der Waals surface area contributed by atoms with Crippen LogP contribution in [0.25, 0.3) is 11.1 Å². The third kappa shape index (κ3) is 9.88. The number of halogens is 2. The molecule has 0 heterocycles. The van der Waals surface area contributed by atoms with Crippen molar-refractivity contribution in [1.82, 2.24) is 10.2 Å². The third-order valence-electron chi connectivity index (χ3n) is 8.99. The molecule has 1 fully saturated rings. The number of carbonyl (C=O) groups excluding carboxylic acids is 1. The zero-order valence-corrected chi connectivity index (χ0v) is 27.5. The van der Waals surface area contributed by atoms with E-state index in [9.17, 15) is 23.5 Å². The van der Waals surface area contributed by atoms with Crippen LogP contribution in [0.3, 0.4) is 0 Å². The van der Waals surface area contributed by atoms with Crippen LogP contribution in [0.15, 0.2) is 60.7 Å². The molecule has 4 rings (SSSR count). The minimum Gasteiger partial charge on any atom is -0.480 e. The van der Waals surface area contributed by atoms with E-state index in [0.717, 1.165) is 41.2 Å². The van der Waals surface area contributed by atoms with E-state index < -0.39 is 29.6 Å². The number of benzene rings is 3. The molecule has 8 heteroatoms. The SMILES string of the molecule is CC[C@H](CC1CCCCC1)N(Cc1cc(F)cc(F)c1)Cc1ccc(C(=O)N[C@@H](CCSC)C(=O)O)c(-c2ccccc2C)c1. The molecule has 3 aromatic rings. The van der Waals surface area contributed by atoms with Gasteiger partial charge in [-0.25, -0.2) is 13.6 Å². The monoisotopic (exact) mass is 636 g/mol. The lowest BCUT2D eigenvalue weighted by atomic mass is 9.83. The standard InChI is InChI=1S/C37H46F2N2O3S/c1-4-31(20-26-11-6-5-7-12-26)41(24-28-18-29(38)22-30(39)19-28)23-27-14-15-33(34(21-27)32-13-9-8-10-25(32)2)36(42)40-35(37(43)44)16-17-45-3/h8-10,13-15,18-19,21-22,26,31,35H,4-7,11-12,16-17,20,23-24H2,1-3H3,(H,40,42)(H,43,44)/t31-,35+/m1/s1. The van der Waals surface area contributed by atoms with Gasteiger partial charge in [0.2, 0.25) is 0 Å². The first-order valence-electron chi connectivity index (χ1n) is 16.1. The summed E-state index contributed by atoms with van der Waals surface area (Å²) in [6, 6.07) is 16.5. The van der Waals surface area contributed by atoms with Gasteiger partial charge in [-0.05, 0) is 96.2 Å². The summed E-state index contributed by atoms with van der Waals surface area (Å²) in [7, 11) is 0. The molecule has 45 heavy (non-hydrogen) atoms. The maximum Gasteiger partial charge on any atom is 0.326 e. The molecule has 1 amide bonds. The Morgan fingerprint density at radius 3 is 2.29 bits per heavy atom. The summed E-state index contributed by atoms with van der Waals surface area (Å²) in [4.78, 5) is 27.8. The maximum atomic E-state index is 14.2. The zero-order valence-electron chi connectivity index (χ0n) is 26.7. The number of carboxylic acid groups (broad SMARTS) is 1. The lowest BCUT2D eigenvalue weighted by molar-refractivity contribution is -0.139. The number of hydrogen-bond acceptors (Lipinski definition) is 4. The summed E-state index contributed by atoms with van der Waals surface area (Å²) in [5.41, 5.74) is 4.60. The lowest BCUT2D eigenvalue weighted by Gasteiger charge is -2.35. The van der Waals surface area contributed by atoms with Crippen LogP contribution in [-0.2, 0) is 17.9 Å². The van der Waals surface area contributed by atoms with E-state index in [1.165, 1.54) is 56.0 Å². The fourth-order valence-electron chi connectivity index (χ4n) is 6.58. The maximum absolute atomic E-state index is 14.2. The molecule has 242 valence electrons. The van der Waals surface area contributed by atoms with Crippen LogP contribution in [-0.4, -0.2) is 46.0 Å². The lowest BCUT2D eigenvalue weighted by Crippen LogP contribution is -2.41. The molecule has 0 aliphatic heterocycles. The number of hydrogen-bond donors (Lipinski definition) is 2. The molecule has 0 spiro atoms. The second-order valence-corrected chi connectivity index (χ2v) is 13.3. The number of aryl methyl sites for hydroxylation is 1. The Morgan fingerprint density at radius 1 is 0.956 bits per heavy atom. The Labute approximate surface area is 270 Å². The molecule has 1 aliphatic rings. The smallest absolute Gasteiger partial charge is 0.326 e. The molecule has 2 N–H and O–H groups in total. The second kappa shape index (κ2) is 16.9. The Hall–Kier alpha value is -3.23. The van der Waals surface area contributed by atoms with Crippen LogP contribution in [0.1, 0.15) is 85.3 Å². The topological polar surface area (TPSA) is 69.6 Å². The van der Waals surface area contributed by atoms with Crippen molar-refractivity contribution >= 4 is 23.6 Å². The van der Waals surface area contributed by atoms with Crippen LogP contribution in [0, 0.1) is 24.5 Å². The predicted octanol–water partition coefficient (Wildman–Crippen LogP) is 8.63. The second-order valence-electron chi connectivity index (χ2n) is 12.3. The van der Waals surface area contributed by atoms with Gasteiger partial charge in [-0.3, -0.25) is 9.69 Å². The first kappa shape index (κ1) is 34.6. The van der Waals surface area contributed by atoms with Crippen molar-refractivity contribution < 1.29 is 23.5 Å². The summed E-state index contributed by atoms with van der Waals surface area (Å²) >= 11 is 1.54. The normalized spacial score (nSPS) is 15.2. The molecule has 0 bridgehead atoms. The van der Waals surface area contributed by atoms with E-state index in [1.54, 1.807) is 6.07 Å². The van der Waals surface area contributed by atoms with E-state index in [-0.39, 0.29) is 6.04 Å². The first-order valence-corrected chi connectivity index (χ1v) is 17.5. The highest BCUT2D eigenvalue weighted by Gasteiger charge is 2.26. The number of amides is 1. The van der Waals surface area contributed by atoms with Crippen molar-refractivity contribution in [2.45, 2.75) is 90.4 Å². The molecule has 0 radical (unpaired) electrons. The molecule has 0 aromatic heterocycles. The Morgan fingerprint density at radius 2 is 1.64 bits per heavy atom. The van der Waals surface area contributed by atoms with Gasteiger partial charge in [0, 0.05) is 30.8 Å². The van der Waals surface area contributed by atoms with Gasteiger partial charge in [0.25, 0.3) is 5.91 Å². The Balaban J connectivity index is 1.70. The number of carboxylic acids is 1. The van der Waals surface area contributed by atoms with Gasteiger partial charge in [-0.15, -0.1) is 0 Å². The van der Waals surface area contributed by atoms with Gasteiger partial charge in [0.05, 0.1) is 0 Å². The van der Waals surface area contributed by atoms with Crippen molar-refractivity contribution in [3.63, 3.8) is 0 Å². The Kier molecular flexibility index (Phi) is 13.0. The van der Waals surface area contributed by atoms with Gasteiger partial charge in [-0.1, -0.05) is 69.4 Å². The van der Waals surface area contributed by atoms with E-state index in [4.69, 9.17) is 0 Å². The summed E-state index contributed by atoms with van der Waals surface area (Å²) in [5, 5.41) is 12.5. The number of aliphatic carboxylic acids is 1. The molecule has 1 saturated carbocycles. The van der Waals surface area contributed by atoms with Gasteiger partial charge in [0.15, 0.2) is 0 Å². The van der Waals surface area contributed by atoms with Crippen LogP contribution < -0.4 is 5.32 Å². The van der Waals surface area contributed by atoms with Crippen molar-refractivity contribution in [3.05, 3.63) is 94.6 Å². The van der Waals surface area contributed by atoms with Crippen LogP contribution in [0.4, 0.5) is 8.78 Å². The van der Waals surface area contributed by atoms with E-state index >= 15 is 0 Å². The van der Waals surface area contributed by atoms with Crippen molar-refractivity contribution in [2.24, 2.45) is 5.92 Å². The van der Waals surface area contributed by atoms with Gasteiger partial charge >= 0.3 is 5.97 Å². The van der Waals surface area contributed by atoms with Crippen molar-refractivity contribution in [2.75, 3.05) is 12.0 Å². The van der Waals surface area contributed by atoms with Crippen molar-refractivity contribution in [1.29, 1.82) is 0 Å². The van der Waals surface area contributed by atoms with Gasteiger partial charge in [0.1, 0.15) is 17.7 Å². The molecule has 0 saturated heterocycles. The highest BCUT2D eigenvalue weighted by Crippen LogP contribution is 2.33. The van der Waals surface area contributed by atoms with E-state index in [2.05, 4.69) is 17.1 Å². The van der Waals surface area contributed by atoms with E-state index in [1.807, 2.05) is 49.6 Å². The summed E-state index contributed by atoms with van der Waals surface area (Å²) in [6.07, 6.45) is 10.4. The third-order valence-corrected chi connectivity index (χ3v) is 9.63. The summed E-state index contributed by atoms with van der Waals surface area (Å²) < 4.78 is 28.5. The van der Waals surface area contributed by atoms with Gasteiger partial charge in [-0.2, -0.15) is 11.8 Å². The van der Waals surface area contributed by atoms with Gasteiger partial charge < -0.3 is 10.4 Å². The quantitative estimate of drug-likeness (QED) is 0.175. The number of nitrogens with zero attached hydrogens (tertiary/aromatic N) is 1. The zero-order chi connectivity index (χ0) is 32.3. The average Bonchev–Trinajstić information content (AvgIpc) is 3.01. The first-order chi connectivity index (χ1) is 21.7. The van der Waals surface area contributed by atoms with E-state index in [0.29, 0.717) is 42.3 Å². The van der Waals surface area contributed by atoms with Crippen molar-refractivity contribution in [3.8, 4) is 11.1 Å². The molecule has 2 atom stereocenters. The predicted molar refractivity (Wildman–Crippen MR) is 179 cm³/mol. The minimum absolute atomic E-state index is 0.220. The van der Waals surface area contributed by atoms with Crippen LogP contribution in [0.2, 0.25) is 0 Å². The minimum atomic E-state index is -1.06. The number of thioether (sulfide) groups is 1. The highest BCUT2D eigenvalue weighted by molar-refractivity contribution is 7.98. The fourth-order valence-corrected chi connectivity index (χ4v) is 7.05. The molecule has 0 unspecified atom stereocenters. The molecule has 5 nitrogen and oxygen atoms in total. The molecular weight excluding hydrogens is 590 g/mol. The summed E-state index contributed by atoms with van der Waals surface area (Å²) in [6.45, 7) is 5.10. The summed E-state index contributed by atoms with van der Waals surface area (Å²) in [5.74, 6) is -1.40. The fraction of sp³-hybridized carbons (Fsp3) is 0.459. The number of nitrogens with one attached hydrogen (secondary N) is 1. The largest absolute Gasteiger partial charge is 0.480 e. The Bertz CT molecular complexity index is 1420. The molecule has 1 aliphatic carbocycles. The molecular formula is C37H46F2N2O3S. The number of rotatable bonds is 15. The van der Waals surface area contributed by atoms with Crippen LogP contribution in [0.5, 0.6) is 0 Å².